The molecular weight excluding hydrogens is 383 g/mol. The number of hydrogen-bond donors (Lipinski definition) is 2. The maximum absolute atomic E-state index is 13.6. The summed E-state index contributed by atoms with van der Waals surface area (Å²) >= 11 is 5.79. The van der Waals surface area contributed by atoms with Crippen molar-refractivity contribution in [3.05, 3.63) is 59.0 Å². The summed E-state index contributed by atoms with van der Waals surface area (Å²) < 4.78 is 13.6. The van der Waals surface area contributed by atoms with Crippen molar-refractivity contribution in [1.29, 1.82) is 0 Å². The Bertz CT molecular complexity index is 823. The van der Waals surface area contributed by atoms with Crippen molar-refractivity contribution in [2.24, 2.45) is 5.92 Å². The van der Waals surface area contributed by atoms with Crippen molar-refractivity contribution < 1.29 is 14.0 Å². The number of amides is 2. The number of halogens is 2. The summed E-state index contributed by atoms with van der Waals surface area (Å²) in [6.07, 6.45) is 2.82. The second-order valence-corrected chi connectivity index (χ2v) is 7.21. The first-order valence-electron chi connectivity index (χ1n) is 9.16. The van der Waals surface area contributed by atoms with Gasteiger partial charge in [0.25, 0.3) is 0 Å². The molecule has 1 aromatic carbocycles. The summed E-state index contributed by atoms with van der Waals surface area (Å²) in [6.45, 7) is 1.71. The molecule has 6 nitrogen and oxygen atoms in total. The monoisotopic (exact) mass is 404 g/mol. The molecular formula is C20H22ClFN4O2. The lowest BCUT2D eigenvalue weighted by Gasteiger charge is -2.30. The number of piperidine rings is 1. The van der Waals surface area contributed by atoms with Gasteiger partial charge in [0.05, 0.1) is 11.6 Å². The predicted octanol–water partition coefficient (Wildman–Crippen LogP) is 2.84. The highest BCUT2D eigenvalue weighted by atomic mass is 35.5. The molecule has 0 saturated carbocycles. The Balaban J connectivity index is 1.39. The van der Waals surface area contributed by atoms with Gasteiger partial charge >= 0.3 is 0 Å². The van der Waals surface area contributed by atoms with Crippen molar-refractivity contribution in [3.8, 4) is 0 Å². The third-order valence-electron chi connectivity index (χ3n) is 4.74. The van der Waals surface area contributed by atoms with Gasteiger partial charge in [-0.2, -0.15) is 0 Å². The standard InChI is InChI=1S/C20H22ClFN4O2/c21-16-5-6-18(23-12-16)25-20(28)14-7-9-26(10-8-14)13-19(27)24-11-15-3-1-2-4-17(15)22/h1-6,12,14H,7-11,13H2,(H,24,27)(H,23,25,28). The van der Waals surface area contributed by atoms with Gasteiger partial charge in [-0.15, -0.1) is 0 Å². The number of likely N-dealkylation sites (tertiary alicyclic amines) is 1. The average Bonchev–Trinajstić information content (AvgIpc) is 2.69. The Labute approximate surface area is 168 Å². The topological polar surface area (TPSA) is 74.3 Å². The predicted molar refractivity (Wildman–Crippen MR) is 105 cm³/mol. The summed E-state index contributed by atoms with van der Waals surface area (Å²) in [5, 5.41) is 6.05. The number of carbonyl (C=O) groups is 2. The average molecular weight is 405 g/mol. The van der Waals surface area contributed by atoms with E-state index in [1.165, 1.54) is 12.3 Å². The van der Waals surface area contributed by atoms with Crippen LogP contribution in [0.1, 0.15) is 18.4 Å². The lowest BCUT2D eigenvalue weighted by atomic mass is 9.96. The molecule has 0 radical (unpaired) electrons. The van der Waals surface area contributed by atoms with E-state index in [1.807, 2.05) is 4.90 Å². The van der Waals surface area contributed by atoms with Crippen LogP contribution in [0.4, 0.5) is 10.2 Å². The summed E-state index contributed by atoms with van der Waals surface area (Å²) in [5.41, 5.74) is 0.460. The van der Waals surface area contributed by atoms with Crippen molar-refractivity contribution >= 4 is 29.2 Å². The van der Waals surface area contributed by atoms with E-state index in [2.05, 4.69) is 15.6 Å². The molecule has 0 spiro atoms. The molecule has 0 unspecified atom stereocenters. The molecule has 1 saturated heterocycles. The largest absolute Gasteiger partial charge is 0.351 e. The van der Waals surface area contributed by atoms with Crippen LogP contribution in [0.25, 0.3) is 0 Å². The third-order valence-corrected chi connectivity index (χ3v) is 4.96. The number of hydrogen-bond acceptors (Lipinski definition) is 4. The number of nitrogens with zero attached hydrogens (tertiary/aromatic N) is 2. The number of carbonyl (C=O) groups excluding carboxylic acids is 2. The second kappa shape index (κ2) is 9.61. The molecule has 1 aliphatic rings. The quantitative estimate of drug-likeness (QED) is 0.776. The van der Waals surface area contributed by atoms with Gasteiger partial charge in [0.2, 0.25) is 11.8 Å². The van der Waals surface area contributed by atoms with E-state index in [1.54, 1.807) is 30.3 Å². The molecule has 1 aliphatic heterocycles. The molecule has 3 rings (SSSR count). The zero-order chi connectivity index (χ0) is 19.9. The number of aromatic nitrogens is 1. The van der Waals surface area contributed by atoms with Gasteiger partial charge in [-0.25, -0.2) is 9.37 Å². The Kier molecular flexibility index (Phi) is 6.95. The van der Waals surface area contributed by atoms with Crippen molar-refractivity contribution in [3.63, 3.8) is 0 Å². The third kappa shape index (κ3) is 5.74. The molecule has 0 atom stereocenters. The number of nitrogens with one attached hydrogen (secondary N) is 2. The molecule has 2 amide bonds. The maximum atomic E-state index is 13.6. The first kappa shape index (κ1) is 20.2. The van der Waals surface area contributed by atoms with E-state index < -0.39 is 0 Å². The van der Waals surface area contributed by atoms with E-state index in [9.17, 15) is 14.0 Å². The Morgan fingerprint density at radius 2 is 1.93 bits per heavy atom. The Morgan fingerprint density at radius 3 is 2.61 bits per heavy atom. The minimum absolute atomic E-state index is 0.0709. The first-order valence-corrected chi connectivity index (χ1v) is 9.54. The summed E-state index contributed by atoms with van der Waals surface area (Å²) in [4.78, 5) is 30.5. The van der Waals surface area contributed by atoms with Crippen LogP contribution in [0.5, 0.6) is 0 Å². The molecule has 1 fully saturated rings. The van der Waals surface area contributed by atoms with Crippen LogP contribution in [-0.2, 0) is 16.1 Å². The van der Waals surface area contributed by atoms with E-state index in [4.69, 9.17) is 11.6 Å². The van der Waals surface area contributed by atoms with Gasteiger partial charge in [0, 0.05) is 24.2 Å². The summed E-state index contributed by atoms with van der Waals surface area (Å²) in [5.74, 6) is -0.195. The fourth-order valence-electron chi connectivity index (χ4n) is 3.13. The highest BCUT2D eigenvalue weighted by molar-refractivity contribution is 6.30. The van der Waals surface area contributed by atoms with Crippen LogP contribution >= 0.6 is 11.6 Å². The first-order chi connectivity index (χ1) is 13.5. The number of pyridine rings is 1. The number of benzene rings is 1. The lowest BCUT2D eigenvalue weighted by Crippen LogP contribution is -2.43. The van der Waals surface area contributed by atoms with Gasteiger partial charge in [-0.3, -0.25) is 14.5 Å². The van der Waals surface area contributed by atoms with E-state index in [0.29, 0.717) is 42.3 Å². The minimum atomic E-state index is -0.329. The van der Waals surface area contributed by atoms with Gasteiger partial charge in [0.15, 0.2) is 0 Å². The van der Waals surface area contributed by atoms with Crippen LogP contribution in [-0.4, -0.2) is 41.3 Å². The van der Waals surface area contributed by atoms with Gasteiger partial charge < -0.3 is 10.6 Å². The smallest absolute Gasteiger partial charge is 0.234 e. The lowest BCUT2D eigenvalue weighted by molar-refractivity contribution is -0.123. The SMILES string of the molecule is O=C(CN1CCC(C(=O)Nc2ccc(Cl)cn2)CC1)NCc1ccccc1F. The van der Waals surface area contributed by atoms with Crippen LogP contribution in [0.3, 0.4) is 0 Å². The van der Waals surface area contributed by atoms with Crippen LogP contribution in [0, 0.1) is 11.7 Å². The van der Waals surface area contributed by atoms with Crippen LogP contribution < -0.4 is 10.6 Å². The highest BCUT2D eigenvalue weighted by Crippen LogP contribution is 2.19. The van der Waals surface area contributed by atoms with E-state index >= 15 is 0 Å². The van der Waals surface area contributed by atoms with Crippen LogP contribution in [0.2, 0.25) is 5.02 Å². The molecule has 1 aromatic heterocycles. The minimum Gasteiger partial charge on any atom is -0.351 e. The van der Waals surface area contributed by atoms with Crippen molar-refractivity contribution in [2.45, 2.75) is 19.4 Å². The van der Waals surface area contributed by atoms with Crippen molar-refractivity contribution in [2.75, 3.05) is 25.0 Å². The molecule has 2 heterocycles. The summed E-state index contributed by atoms with van der Waals surface area (Å²) in [6, 6.07) is 9.71. The Hall–Kier alpha value is -2.51. The van der Waals surface area contributed by atoms with E-state index in [-0.39, 0.29) is 36.6 Å². The molecule has 8 heteroatoms. The molecule has 148 valence electrons. The zero-order valence-corrected chi connectivity index (χ0v) is 16.1. The van der Waals surface area contributed by atoms with Crippen LogP contribution in [0.15, 0.2) is 42.6 Å². The summed E-state index contributed by atoms with van der Waals surface area (Å²) in [7, 11) is 0. The van der Waals surface area contributed by atoms with Gasteiger partial charge in [0.1, 0.15) is 11.6 Å². The molecule has 0 aliphatic carbocycles. The number of anilines is 1. The second-order valence-electron chi connectivity index (χ2n) is 6.77. The van der Waals surface area contributed by atoms with Gasteiger partial charge in [-0.05, 0) is 44.1 Å². The fourth-order valence-corrected chi connectivity index (χ4v) is 3.24. The molecule has 0 bridgehead atoms. The normalized spacial score (nSPS) is 15.2. The van der Waals surface area contributed by atoms with Crippen molar-refractivity contribution in [1.82, 2.24) is 15.2 Å². The molecule has 2 N–H and O–H groups in total. The highest BCUT2D eigenvalue weighted by Gasteiger charge is 2.26. The Morgan fingerprint density at radius 1 is 1.18 bits per heavy atom. The zero-order valence-electron chi connectivity index (χ0n) is 15.3. The van der Waals surface area contributed by atoms with E-state index in [0.717, 1.165) is 0 Å². The molecule has 28 heavy (non-hydrogen) atoms. The maximum Gasteiger partial charge on any atom is 0.234 e. The molecule has 2 aromatic rings. The fraction of sp³-hybridized carbons (Fsp3) is 0.350. The number of rotatable bonds is 6. The van der Waals surface area contributed by atoms with Gasteiger partial charge in [-0.1, -0.05) is 29.8 Å².